The van der Waals surface area contributed by atoms with E-state index in [-0.39, 0.29) is 5.91 Å². The summed E-state index contributed by atoms with van der Waals surface area (Å²) in [5, 5.41) is 6.64. The molecule has 1 aromatic heterocycles. The molecule has 0 radical (unpaired) electrons. The molecule has 2 N–H and O–H groups in total. The minimum atomic E-state index is -0.0929. The van der Waals surface area contributed by atoms with Gasteiger partial charge in [-0.05, 0) is 79.3 Å². The summed E-state index contributed by atoms with van der Waals surface area (Å²) in [7, 11) is 0. The highest BCUT2D eigenvalue weighted by atomic mass is 16.1. The molecule has 1 atom stereocenters. The van der Waals surface area contributed by atoms with Gasteiger partial charge in [-0.3, -0.25) is 9.78 Å². The fourth-order valence-electron chi connectivity index (χ4n) is 4.51. The number of nitrogens with one attached hydrogen (secondary N) is 2. The number of aryl methyl sites for hydroxylation is 2. The monoisotopic (exact) mass is 427 g/mol. The number of aromatic nitrogens is 1. The van der Waals surface area contributed by atoms with Gasteiger partial charge in [0.2, 0.25) is 0 Å². The third-order valence-corrected chi connectivity index (χ3v) is 6.32. The number of anilines is 1. The molecular formula is C28H33N3O. The van der Waals surface area contributed by atoms with Crippen LogP contribution in [0.5, 0.6) is 0 Å². The zero-order valence-electron chi connectivity index (χ0n) is 19.2. The van der Waals surface area contributed by atoms with Crippen LogP contribution in [0.1, 0.15) is 65.7 Å². The van der Waals surface area contributed by atoms with Gasteiger partial charge in [-0.15, -0.1) is 0 Å². The fourth-order valence-corrected chi connectivity index (χ4v) is 4.51. The molecule has 32 heavy (non-hydrogen) atoms. The molecule has 1 amide bonds. The maximum Gasteiger partial charge on any atom is 0.255 e. The molecule has 0 aliphatic carbocycles. The van der Waals surface area contributed by atoms with Crippen LogP contribution in [-0.2, 0) is 6.42 Å². The van der Waals surface area contributed by atoms with Crippen LogP contribution in [0.3, 0.4) is 0 Å². The number of rotatable bonds is 6. The van der Waals surface area contributed by atoms with Gasteiger partial charge in [0.25, 0.3) is 5.91 Å². The molecule has 2 aromatic carbocycles. The van der Waals surface area contributed by atoms with Crippen LogP contribution < -0.4 is 10.6 Å². The second kappa shape index (κ2) is 10.6. The molecule has 4 nitrogen and oxygen atoms in total. The van der Waals surface area contributed by atoms with Gasteiger partial charge in [-0.25, -0.2) is 0 Å². The molecule has 2 heterocycles. The lowest BCUT2D eigenvalue weighted by molar-refractivity contribution is 0.102. The van der Waals surface area contributed by atoms with E-state index in [1.165, 1.54) is 18.4 Å². The Morgan fingerprint density at radius 3 is 2.78 bits per heavy atom. The summed E-state index contributed by atoms with van der Waals surface area (Å²) in [5.41, 5.74) is 7.21. The number of hydrogen-bond acceptors (Lipinski definition) is 3. The summed E-state index contributed by atoms with van der Waals surface area (Å²) in [6.07, 6.45) is 7.52. The summed E-state index contributed by atoms with van der Waals surface area (Å²) < 4.78 is 0. The summed E-state index contributed by atoms with van der Waals surface area (Å²) >= 11 is 0. The Balaban J connectivity index is 1.56. The first kappa shape index (κ1) is 22.2. The Kier molecular flexibility index (Phi) is 7.33. The van der Waals surface area contributed by atoms with E-state index < -0.39 is 0 Å². The second-order valence-electron chi connectivity index (χ2n) is 8.76. The van der Waals surface area contributed by atoms with E-state index in [0.717, 1.165) is 60.4 Å². The maximum atomic E-state index is 13.2. The Hall–Kier alpha value is -2.98. The zero-order chi connectivity index (χ0) is 22.3. The molecule has 0 bridgehead atoms. The van der Waals surface area contributed by atoms with Crippen molar-refractivity contribution in [3.63, 3.8) is 0 Å². The van der Waals surface area contributed by atoms with E-state index in [9.17, 15) is 4.79 Å². The van der Waals surface area contributed by atoms with Crippen LogP contribution >= 0.6 is 0 Å². The molecule has 4 rings (SSSR count). The molecule has 1 unspecified atom stereocenters. The zero-order valence-corrected chi connectivity index (χ0v) is 19.2. The molecular weight excluding hydrogens is 394 g/mol. The highest BCUT2D eigenvalue weighted by molar-refractivity contribution is 6.05. The molecule has 1 aliphatic rings. The first-order chi connectivity index (χ1) is 15.7. The number of nitrogens with zero attached hydrogens (tertiary/aromatic N) is 1. The van der Waals surface area contributed by atoms with E-state index in [1.54, 1.807) is 0 Å². The van der Waals surface area contributed by atoms with Gasteiger partial charge in [-0.2, -0.15) is 0 Å². The number of carbonyl (C=O) groups excluding carboxylic acids is 1. The first-order valence-electron chi connectivity index (χ1n) is 11.8. The number of carbonyl (C=O) groups is 1. The molecule has 4 heteroatoms. The average Bonchev–Trinajstić information content (AvgIpc) is 3.10. The molecule has 1 aliphatic heterocycles. The maximum absolute atomic E-state index is 13.2. The lowest BCUT2D eigenvalue weighted by atomic mass is 9.96. The van der Waals surface area contributed by atoms with Crippen LogP contribution in [0.4, 0.5) is 5.69 Å². The van der Waals surface area contributed by atoms with Gasteiger partial charge in [0, 0.05) is 24.2 Å². The van der Waals surface area contributed by atoms with Crippen LogP contribution in [0.15, 0.2) is 60.8 Å². The predicted octanol–water partition coefficient (Wildman–Crippen LogP) is 6.12. The molecule has 0 saturated carbocycles. The third-order valence-electron chi connectivity index (χ3n) is 6.32. The average molecular weight is 428 g/mol. The van der Waals surface area contributed by atoms with Gasteiger partial charge in [0.15, 0.2) is 0 Å². The number of pyridine rings is 1. The van der Waals surface area contributed by atoms with Gasteiger partial charge in [0.1, 0.15) is 0 Å². The largest absolute Gasteiger partial charge is 0.320 e. The van der Waals surface area contributed by atoms with Crippen LogP contribution in [-0.4, -0.2) is 24.0 Å². The van der Waals surface area contributed by atoms with Gasteiger partial charge < -0.3 is 10.6 Å². The number of hydrogen-bond donors (Lipinski definition) is 2. The van der Waals surface area contributed by atoms with E-state index in [2.05, 4.69) is 53.7 Å². The van der Waals surface area contributed by atoms with Crippen molar-refractivity contribution < 1.29 is 4.79 Å². The van der Waals surface area contributed by atoms with Crippen LogP contribution in [0, 0.1) is 6.92 Å². The van der Waals surface area contributed by atoms with Gasteiger partial charge in [0.05, 0.1) is 11.4 Å². The van der Waals surface area contributed by atoms with E-state index >= 15 is 0 Å². The Morgan fingerprint density at radius 1 is 1.12 bits per heavy atom. The van der Waals surface area contributed by atoms with Crippen molar-refractivity contribution in [2.24, 2.45) is 0 Å². The van der Waals surface area contributed by atoms with Crippen molar-refractivity contribution in [1.29, 1.82) is 0 Å². The van der Waals surface area contributed by atoms with E-state index in [4.69, 9.17) is 0 Å². The topological polar surface area (TPSA) is 54.0 Å². The summed E-state index contributed by atoms with van der Waals surface area (Å²) in [6, 6.07) is 18.5. The van der Waals surface area contributed by atoms with E-state index in [0.29, 0.717) is 11.5 Å². The van der Waals surface area contributed by atoms with Gasteiger partial charge in [-0.1, -0.05) is 50.1 Å². The van der Waals surface area contributed by atoms with Crippen LogP contribution in [0.25, 0.3) is 11.1 Å². The molecule has 0 spiro atoms. The van der Waals surface area contributed by atoms with Crippen LogP contribution in [0.2, 0.25) is 0 Å². The lowest BCUT2D eigenvalue weighted by Crippen LogP contribution is -2.22. The summed E-state index contributed by atoms with van der Waals surface area (Å²) in [4.78, 5) is 17.8. The Morgan fingerprint density at radius 2 is 1.97 bits per heavy atom. The lowest BCUT2D eigenvalue weighted by Gasteiger charge is -2.18. The van der Waals surface area contributed by atoms with Crippen molar-refractivity contribution in [2.45, 2.75) is 51.9 Å². The molecule has 1 fully saturated rings. The predicted molar refractivity (Wildman–Crippen MR) is 132 cm³/mol. The third kappa shape index (κ3) is 5.25. The number of amides is 1. The summed E-state index contributed by atoms with van der Waals surface area (Å²) in [6.45, 7) is 6.24. The first-order valence-corrected chi connectivity index (χ1v) is 11.8. The molecule has 3 aromatic rings. The van der Waals surface area contributed by atoms with Crippen molar-refractivity contribution in [2.75, 3.05) is 18.4 Å². The SMILES string of the molecule is CCCc1ccc(-c2cc(C(=O)Nc3cccnc3C3CCCCNC3)ccc2C)cc1. The molecule has 166 valence electrons. The highest BCUT2D eigenvalue weighted by Crippen LogP contribution is 2.29. The normalized spacial score (nSPS) is 16.4. The minimum absolute atomic E-state index is 0.0929. The van der Waals surface area contributed by atoms with Gasteiger partial charge >= 0.3 is 0 Å². The quantitative estimate of drug-likeness (QED) is 0.498. The van der Waals surface area contributed by atoms with Crippen molar-refractivity contribution >= 4 is 11.6 Å². The Labute approximate surface area is 191 Å². The van der Waals surface area contributed by atoms with Crippen molar-refractivity contribution in [3.8, 4) is 11.1 Å². The smallest absolute Gasteiger partial charge is 0.255 e. The summed E-state index contributed by atoms with van der Waals surface area (Å²) in [5.74, 6) is 0.230. The standard InChI is InChI=1S/C28H33N3O/c1-3-7-21-11-14-22(15-12-21)25-18-23(13-10-20(25)2)28(32)31-26-9-6-17-30-27(26)24-8-4-5-16-29-19-24/h6,9-15,17-18,24,29H,3-5,7-8,16,19H2,1-2H3,(H,31,32). The number of benzene rings is 2. The Bertz CT molecular complexity index is 1050. The van der Waals surface area contributed by atoms with Crippen molar-refractivity contribution in [3.05, 3.63) is 83.2 Å². The molecule has 1 saturated heterocycles. The van der Waals surface area contributed by atoms with E-state index in [1.807, 2.05) is 36.5 Å². The minimum Gasteiger partial charge on any atom is -0.320 e. The fraction of sp³-hybridized carbons (Fsp3) is 0.357. The second-order valence-corrected chi connectivity index (χ2v) is 8.76. The highest BCUT2D eigenvalue weighted by Gasteiger charge is 2.20. The van der Waals surface area contributed by atoms with Crippen molar-refractivity contribution in [1.82, 2.24) is 10.3 Å².